The van der Waals surface area contributed by atoms with Gasteiger partial charge in [0.25, 0.3) is 0 Å². The lowest BCUT2D eigenvalue weighted by molar-refractivity contribution is 0.101. The van der Waals surface area contributed by atoms with Gasteiger partial charge in [0, 0.05) is 26.2 Å². The van der Waals surface area contributed by atoms with Crippen LogP contribution in [-0.4, -0.2) is 15.8 Å². The number of Topliss-reactive ketones (excluding diaryl/α,β-unsaturated/α-hetero) is 1. The molecule has 2 heterocycles. The second-order valence-corrected chi connectivity index (χ2v) is 8.32. The number of benzene rings is 2. The van der Waals surface area contributed by atoms with Gasteiger partial charge in [0.05, 0.1) is 5.39 Å². The van der Waals surface area contributed by atoms with Gasteiger partial charge in [-0.15, -0.1) is 11.3 Å². The number of aryl methyl sites for hydroxylation is 1. The van der Waals surface area contributed by atoms with Crippen LogP contribution in [0.1, 0.15) is 22.2 Å². The van der Waals surface area contributed by atoms with E-state index in [9.17, 15) is 4.79 Å². The molecule has 6 heteroatoms. The summed E-state index contributed by atoms with van der Waals surface area (Å²) in [6, 6.07) is 15.7. The molecule has 0 unspecified atom stereocenters. The number of anilines is 2. The smallest absolute Gasteiger partial charge is 0.159 e. The molecule has 0 radical (unpaired) electrons. The van der Waals surface area contributed by atoms with Crippen LogP contribution in [-0.2, 0) is 0 Å². The van der Waals surface area contributed by atoms with Gasteiger partial charge in [-0.2, -0.15) is 0 Å². The number of hydrogen-bond acceptors (Lipinski definition) is 5. The minimum Gasteiger partial charge on any atom is -0.340 e. The molecule has 0 bridgehead atoms. The Hall–Kier alpha value is -2.57. The Balaban J connectivity index is 1.85. The molecule has 0 aliphatic carbocycles. The number of aromatic nitrogens is 2. The number of halogens is 1. The fourth-order valence-corrected chi connectivity index (χ4v) is 4.33. The predicted octanol–water partition coefficient (Wildman–Crippen LogP) is 6.38. The Morgan fingerprint density at radius 3 is 2.63 bits per heavy atom. The molecule has 4 aromatic rings. The first-order valence-corrected chi connectivity index (χ1v) is 10.0. The minimum absolute atomic E-state index is 0.0356. The zero-order chi connectivity index (χ0) is 19.0. The molecule has 0 amide bonds. The van der Waals surface area contributed by atoms with E-state index >= 15 is 0 Å². The van der Waals surface area contributed by atoms with E-state index in [0.717, 1.165) is 37.3 Å². The first-order chi connectivity index (χ1) is 13.0. The molecule has 0 aliphatic heterocycles. The van der Waals surface area contributed by atoms with E-state index in [4.69, 9.17) is 0 Å². The number of hydrogen-bond donors (Lipinski definition) is 1. The Labute approximate surface area is 169 Å². The van der Waals surface area contributed by atoms with E-state index in [0.29, 0.717) is 5.56 Å². The van der Waals surface area contributed by atoms with Crippen molar-refractivity contribution in [3.63, 3.8) is 0 Å². The summed E-state index contributed by atoms with van der Waals surface area (Å²) < 4.78 is 1.04. The largest absolute Gasteiger partial charge is 0.340 e. The van der Waals surface area contributed by atoms with Crippen molar-refractivity contribution in [2.24, 2.45) is 0 Å². The lowest BCUT2D eigenvalue weighted by atomic mass is 10.0. The highest BCUT2D eigenvalue weighted by molar-refractivity contribution is 9.10. The van der Waals surface area contributed by atoms with Crippen LogP contribution < -0.4 is 5.32 Å². The predicted molar refractivity (Wildman–Crippen MR) is 115 cm³/mol. The maximum absolute atomic E-state index is 11.7. The van der Waals surface area contributed by atoms with E-state index in [2.05, 4.69) is 50.3 Å². The van der Waals surface area contributed by atoms with Crippen LogP contribution in [0.25, 0.3) is 21.3 Å². The summed E-state index contributed by atoms with van der Waals surface area (Å²) in [7, 11) is 0. The molecular formula is C21H16BrN3OS. The van der Waals surface area contributed by atoms with Gasteiger partial charge < -0.3 is 5.32 Å². The van der Waals surface area contributed by atoms with Crippen molar-refractivity contribution in [2.75, 3.05) is 5.32 Å². The number of fused-ring (bicyclic) bond motifs is 1. The molecule has 134 valence electrons. The van der Waals surface area contributed by atoms with E-state index < -0.39 is 0 Å². The molecule has 27 heavy (non-hydrogen) atoms. The second-order valence-electron chi connectivity index (χ2n) is 6.20. The number of carbonyl (C=O) groups is 1. The van der Waals surface area contributed by atoms with Crippen molar-refractivity contribution in [3.8, 4) is 11.1 Å². The number of carbonyl (C=O) groups excluding carboxylic acids is 1. The average molecular weight is 438 g/mol. The molecule has 0 spiro atoms. The molecule has 0 fully saturated rings. The highest BCUT2D eigenvalue weighted by Gasteiger charge is 2.17. The Kier molecular flexibility index (Phi) is 4.76. The molecule has 2 aromatic carbocycles. The number of nitrogens with one attached hydrogen (secondary N) is 1. The summed E-state index contributed by atoms with van der Waals surface area (Å²) in [5, 5.41) is 4.37. The molecular weight excluding hydrogens is 422 g/mol. The summed E-state index contributed by atoms with van der Waals surface area (Å²) in [6.45, 7) is 3.67. The first kappa shape index (κ1) is 17.8. The third-order valence-corrected chi connectivity index (χ3v) is 5.87. The van der Waals surface area contributed by atoms with Crippen LogP contribution >= 0.6 is 27.3 Å². The topological polar surface area (TPSA) is 54.9 Å². The molecule has 1 N–H and O–H groups in total. The van der Waals surface area contributed by atoms with E-state index in [1.807, 2.05) is 36.4 Å². The molecule has 0 aliphatic rings. The molecule has 4 rings (SSSR count). The molecule has 4 nitrogen and oxygen atoms in total. The molecule has 0 saturated carbocycles. The number of thiophene rings is 1. The van der Waals surface area contributed by atoms with Crippen molar-refractivity contribution in [2.45, 2.75) is 13.8 Å². The molecule has 2 aromatic heterocycles. The zero-order valence-electron chi connectivity index (χ0n) is 14.8. The van der Waals surface area contributed by atoms with Crippen LogP contribution in [0.15, 0.2) is 59.3 Å². The first-order valence-electron chi connectivity index (χ1n) is 8.41. The van der Waals surface area contributed by atoms with Gasteiger partial charge in [0.15, 0.2) is 5.78 Å². The summed E-state index contributed by atoms with van der Waals surface area (Å²) in [4.78, 5) is 22.7. The van der Waals surface area contributed by atoms with Crippen molar-refractivity contribution >= 4 is 54.8 Å². The van der Waals surface area contributed by atoms with Crippen molar-refractivity contribution in [1.82, 2.24) is 9.97 Å². The fraction of sp³-hybridized carbons (Fsp3) is 0.0952. The number of rotatable bonds is 4. The second kappa shape index (κ2) is 7.21. The van der Waals surface area contributed by atoms with Crippen LogP contribution in [0.3, 0.4) is 0 Å². The normalized spacial score (nSPS) is 10.9. The zero-order valence-corrected chi connectivity index (χ0v) is 17.2. The van der Waals surface area contributed by atoms with Gasteiger partial charge in [-0.1, -0.05) is 40.2 Å². The summed E-state index contributed by atoms with van der Waals surface area (Å²) >= 11 is 5.15. The lowest BCUT2D eigenvalue weighted by Gasteiger charge is -2.10. The Bertz CT molecular complexity index is 1150. The van der Waals surface area contributed by atoms with Gasteiger partial charge in [0.1, 0.15) is 17.0 Å². The van der Waals surface area contributed by atoms with Crippen LogP contribution in [0.2, 0.25) is 0 Å². The Morgan fingerprint density at radius 2 is 1.89 bits per heavy atom. The summed E-state index contributed by atoms with van der Waals surface area (Å²) in [5.74, 6) is 0.774. The average Bonchev–Trinajstić information content (AvgIpc) is 2.99. The van der Waals surface area contributed by atoms with Gasteiger partial charge in [-0.05, 0) is 43.7 Å². The van der Waals surface area contributed by atoms with Crippen molar-refractivity contribution in [1.29, 1.82) is 0 Å². The number of nitrogens with zero attached hydrogens (tertiary/aromatic N) is 2. The highest BCUT2D eigenvalue weighted by atomic mass is 79.9. The molecule has 0 atom stereocenters. The van der Waals surface area contributed by atoms with E-state index in [1.165, 1.54) is 4.88 Å². The van der Waals surface area contributed by atoms with Crippen LogP contribution in [0.4, 0.5) is 11.5 Å². The monoisotopic (exact) mass is 437 g/mol. The fourth-order valence-electron chi connectivity index (χ4n) is 3.06. The maximum Gasteiger partial charge on any atom is 0.159 e. The third-order valence-electron chi connectivity index (χ3n) is 4.33. The highest BCUT2D eigenvalue weighted by Crippen LogP contribution is 2.41. The van der Waals surface area contributed by atoms with E-state index in [-0.39, 0.29) is 5.78 Å². The minimum atomic E-state index is 0.0356. The summed E-state index contributed by atoms with van der Waals surface area (Å²) in [5.41, 5.74) is 3.75. The van der Waals surface area contributed by atoms with E-state index in [1.54, 1.807) is 24.6 Å². The molecule has 0 saturated heterocycles. The van der Waals surface area contributed by atoms with Gasteiger partial charge in [0.2, 0.25) is 0 Å². The third kappa shape index (κ3) is 3.50. The Morgan fingerprint density at radius 1 is 1.11 bits per heavy atom. The van der Waals surface area contributed by atoms with Crippen LogP contribution in [0.5, 0.6) is 0 Å². The lowest BCUT2D eigenvalue weighted by Crippen LogP contribution is -1.98. The van der Waals surface area contributed by atoms with Crippen molar-refractivity contribution in [3.05, 3.63) is 69.8 Å². The standard InChI is InChI=1S/C21H16BrN3OS/c1-12(26)15-4-3-5-17(10-15)25-20-19-18(14-6-8-16(22)9-7-14)13(2)27-21(19)24-11-23-20/h3-11H,1-2H3,(H,23,24,25). The quantitative estimate of drug-likeness (QED) is 0.376. The SMILES string of the molecule is CC(=O)c1cccc(Nc2ncnc3sc(C)c(-c4ccc(Br)cc4)c23)c1. The van der Waals surface area contributed by atoms with Gasteiger partial charge in [-0.3, -0.25) is 4.79 Å². The van der Waals surface area contributed by atoms with Gasteiger partial charge >= 0.3 is 0 Å². The van der Waals surface area contributed by atoms with Crippen molar-refractivity contribution < 1.29 is 4.79 Å². The van der Waals surface area contributed by atoms with Crippen LogP contribution in [0, 0.1) is 6.92 Å². The maximum atomic E-state index is 11.7. The number of ketones is 1. The van der Waals surface area contributed by atoms with Gasteiger partial charge in [-0.25, -0.2) is 9.97 Å². The summed E-state index contributed by atoms with van der Waals surface area (Å²) in [6.07, 6.45) is 1.57.